The van der Waals surface area contributed by atoms with Crippen molar-refractivity contribution in [3.63, 3.8) is 0 Å². The maximum absolute atomic E-state index is 4.58. The van der Waals surface area contributed by atoms with E-state index < -0.39 is 0 Å². The minimum Gasteiger partial charge on any atom is -0.337 e. The third kappa shape index (κ3) is 3.28. The average molecular weight is 403 g/mol. The molecule has 2 aromatic heterocycles. The van der Waals surface area contributed by atoms with Gasteiger partial charge in [-0.2, -0.15) is 10.1 Å². The summed E-state index contributed by atoms with van der Waals surface area (Å²) in [5, 5.41) is 14.2. The number of hydrogen-bond acceptors (Lipinski definition) is 5. The Morgan fingerprint density at radius 3 is 3.00 bits per heavy atom. The van der Waals surface area contributed by atoms with Crippen molar-refractivity contribution in [2.75, 3.05) is 5.43 Å². The summed E-state index contributed by atoms with van der Waals surface area (Å²) in [6, 6.07) is 6.15. The molecule has 0 unspecified atom stereocenters. The first-order valence-corrected chi connectivity index (χ1v) is 11.0. The molecule has 0 spiro atoms. The Balaban J connectivity index is 1.33. The van der Waals surface area contributed by atoms with Crippen molar-refractivity contribution in [3.05, 3.63) is 35.4 Å². The molecular formula is C24H30N6. The number of hydrazone groups is 1. The number of H-pyrrole nitrogens is 1. The molecule has 1 aromatic carbocycles. The van der Waals surface area contributed by atoms with Crippen LogP contribution < -0.4 is 5.43 Å². The van der Waals surface area contributed by atoms with Gasteiger partial charge in [-0.25, -0.2) is 5.43 Å². The second-order valence-corrected chi connectivity index (χ2v) is 9.78. The first-order chi connectivity index (χ1) is 14.4. The second kappa shape index (κ2) is 7.18. The SMILES string of the molecule is Cc1cccc2c1[nH]c1nc(N/N=C\[C@@H]3C[C@@H]4C(=CCCC4(C)C)C[C@@H]3C)nnc12. The smallest absolute Gasteiger partial charge is 0.265 e. The lowest BCUT2D eigenvalue weighted by atomic mass is 9.59. The van der Waals surface area contributed by atoms with Crippen LogP contribution in [-0.2, 0) is 0 Å². The number of para-hydroxylation sites is 1. The van der Waals surface area contributed by atoms with Crippen molar-refractivity contribution in [1.82, 2.24) is 20.2 Å². The van der Waals surface area contributed by atoms with Crippen LogP contribution >= 0.6 is 0 Å². The van der Waals surface area contributed by atoms with E-state index in [9.17, 15) is 0 Å². The molecule has 2 aliphatic carbocycles. The van der Waals surface area contributed by atoms with Crippen molar-refractivity contribution in [1.29, 1.82) is 0 Å². The maximum atomic E-state index is 4.58. The van der Waals surface area contributed by atoms with E-state index >= 15 is 0 Å². The number of fused-ring (bicyclic) bond motifs is 4. The zero-order valence-electron chi connectivity index (χ0n) is 18.2. The first-order valence-electron chi connectivity index (χ1n) is 11.0. The number of aromatic nitrogens is 4. The van der Waals surface area contributed by atoms with E-state index in [-0.39, 0.29) is 0 Å². The van der Waals surface area contributed by atoms with Gasteiger partial charge in [-0.1, -0.05) is 50.6 Å². The van der Waals surface area contributed by atoms with Crippen LogP contribution in [-0.4, -0.2) is 26.4 Å². The molecule has 0 radical (unpaired) electrons. The highest BCUT2D eigenvalue weighted by Crippen LogP contribution is 2.50. The van der Waals surface area contributed by atoms with E-state index in [1.54, 1.807) is 5.57 Å². The van der Waals surface area contributed by atoms with E-state index in [4.69, 9.17) is 0 Å². The molecule has 2 aliphatic rings. The fraction of sp³-hybridized carbons (Fsp3) is 0.500. The third-order valence-corrected chi connectivity index (χ3v) is 7.27. The van der Waals surface area contributed by atoms with Crippen LogP contribution in [0.25, 0.3) is 22.1 Å². The number of hydrogen-bond donors (Lipinski definition) is 2. The van der Waals surface area contributed by atoms with Crippen LogP contribution in [0.2, 0.25) is 0 Å². The van der Waals surface area contributed by atoms with Crippen molar-refractivity contribution in [2.24, 2.45) is 28.3 Å². The lowest BCUT2D eigenvalue weighted by molar-refractivity contribution is 0.149. The minimum atomic E-state index is 0.384. The summed E-state index contributed by atoms with van der Waals surface area (Å²) in [5.41, 5.74) is 8.82. The predicted molar refractivity (Wildman–Crippen MR) is 123 cm³/mol. The van der Waals surface area contributed by atoms with Gasteiger partial charge in [-0.3, -0.25) is 0 Å². The maximum Gasteiger partial charge on any atom is 0.265 e. The summed E-state index contributed by atoms with van der Waals surface area (Å²) < 4.78 is 0. The largest absolute Gasteiger partial charge is 0.337 e. The average Bonchev–Trinajstić information content (AvgIpc) is 3.08. The topological polar surface area (TPSA) is 78.9 Å². The summed E-state index contributed by atoms with van der Waals surface area (Å²) in [5.74, 6) is 2.15. The third-order valence-electron chi connectivity index (χ3n) is 7.27. The fourth-order valence-corrected chi connectivity index (χ4v) is 5.36. The highest BCUT2D eigenvalue weighted by molar-refractivity contribution is 6.04. The van der Waals surface area contributed by atoms with Crippen LogP contribution in [0, 0.1) is 30.1 Å². The summed E-state index contributed by atoms with van der Waals surface area (Å²) >= 11 is 0. The molecule has 0 bridgehead atoms. The second-order valence-electron chi connectivity index (χ2n) is 9.78. The molecule has 30 heavy (non-hydrogen) atoms. The highest BCUT2D eigenvalue weighted by Gasteiger charge is 2.40. The van der Waals surface area contributed by atoms with Crippen LogP contribution in [0.1, 0.15) is 52.0 Å². The lowest BCUT2D eigenvalue weighted by Gasteiger charge is -2.46. The van der Waals surface area contributed by atoms with Crippen LogP contribution in [0.3, 0.4) is 0 Å². The molecule has 2 heterocycles. The van der Waals surface area contributed by atoms with Crippen molar-refractivity contribution in [2.45, 2.75) is 53.4 Å². The van der Waals surface area contributed by atoms with E-state index in [0.29, 0.717) is 29.1 Å². The number of aryl methyl sites for hydroxylation is 1. The molecule has 0 saturated heterocycles. The number of rotatable bonds is 3. The van der Waals surface area contributed by atoms with E-state index in [1.807, 2.05) is 12.1 Å². The Morgan fingerprint density at radius 1 is 1.27 bits per heavy atom. The van der Waals surface area contributed by atoms with E-state index in [0.717, 1.165) is 22.1 Å². The van der Waals surface area contributed by atoms with Crippen LogP contribution in [0.4, 0.5) is 5.95 Å². The van der Waals surface area contributed by atoms with Gasteiger partial charge in [-0.05, 0) is 61.3 Å². The first kappa shape index (κ1) is 19.2. The highest BCUT2D eigenvalue weighted by atomic mass is 15.4. The molecule has 2 N–H and O–H groups in total. The van der Waals surface area contributed by atoms with Gasteiger partial charge in [-0.15, -0.1) is 10.2 Å². The van der Waals surface area contributed by atoms with Crippen molar-refractivity contribution in [3.8, 4) is 0 Å². The van der Waals surface area contributed by atoms with Gasteiger partial charge in [0.05, 0.1) is 5.52 Å². The van der Waals surface area contributed by atoms with Gasteiger partial charge in [0.15, 0.2) is 5.65 Å². The summed E-state index contributed by atoms with van der Waals surface area (Å²) in [4.78, 5) is 7.94. The summed E-state index contributed by atoms with van der Waals surface area (Å²) in [6.45, 7) is 9.26. The van der Waals surface area contributed by atoms with Gasteiger partial charge in [0.1, 0.15) is 5.52 Å². The molecule has 6 nitrogen and oxygen atoms in total. The van der Waals surface area contributed by atoms with Crippen molar-refractivity contribution < 1.29 is 0 Å². The molecule has 1 fully saturated rings. The summed E-state index contributed by atoms with van der Waals surface area (Å²) in [6.07, 6.45) is 9.42. The standard InChI is InChI=1S/C24H30N6/c1-14-7-5-9-18-20(14)26-22-21(18)28-30-23(27-22)29-25-13-17-12-19-16(11-15(17)2)8-6-10-24(19,3)4/h5,7-9,13,15,17,19H,6,10-12H2,1-4H3,(H2,26,27,29,30)/b25-13-/t15-,17-,19+/m0/s1. The summed E-state index contributed by atoms with van der Waals surface area (Å²) in [7, 11) is 0. The number of aromatic amines is 1. The normalized spacial score (nSPS) is 26.1. The fourth-order valence-electron chi connectivity index (χ4n) is 5.36. The van der Waals surface area contributed by atoms with E-state index in [1.165, 1.54) is 31.2 Å². The lowest BCUT2D eigenvalue weighted by Crippen LogP contribution is -2.36. The molecule has 156 valence electrons. The van der Waals surface area contributed by atoms with Gasteiger partial charge >= 0.3 is 0 Å². The van der Waals surface area contributed by atoms with Crippen LogP contribution in [0.15, 0.2) is 34.9 Å². The number of nitrogens with zero attached hydrogens (tertiary/aromatic N) is 4. The molecular weight excluding hydrogens is 372 g/mol. The van der Waals surface area contributed by atoms with Gasteiger partial charge in [0.25, 0.3) is 5.95 Å². The van der Waals surface area contributed by atoms with E-state index in [2.05, 4.69) is 76.7 Å². The molecule has 1 saturated carbocycles. The Kier molecular flexibility index (Phi) is 4.60. The number of allylic oxidation sites excluding steroid dienone is 2. The number of benzene rings is 1. The van der Waals surface area contributed by atoms with Gasteiger partial charge in [0.2, 0.25) is 0 Å². The van der Waals surface area contributed by atoms with Crippen molar-refractivity contribution >= 4 is 34.2 Å². The predicted octanol–water partition coefficient (Wildman–Crippen LogP) is 5.62. The molecule has 6 heteroatoms. The zero-order valence-corrected chi connectivity index (χ0v) is 18.2. The minimum absolute atomic E-state index is 0.384. The molecule has 3 aromatic rings. The quantitative estimate of drug-likeness (QED) is 0.338. The zero-order chi connectivity index (χ0) is 20.9. The Labute approximate surface area is 177 Å². The Bertz CT molecular complexity index is 1160. The van der Waals surface area contributed by atoms with Gasteiger partial charge < -0.3 is 4.98 Å². The number of nitrogens with one attached hydrogen (secondary N) is 2. The molecule has 3 atom stereocenters. The molecule has 0 amide bonds. The Hall–Kier alpha value is -2.76. The van der Waals surface area contributed by atoms with Gasteiger partial charge in [0, 0.05) is 11.6 Å². The number of anilines is 1. The molecule has 5 rings (SSSR count). The molecule has 0 aliphatic heterocycles. The van der Waals surface area contributed by atoms with Crippen LogP contribution in [0.5, 0.6) is 0 Å². The monoisotopic (exact) mass is 402 g/mol. The Morgan fingerprint density at radius 2 is 2.13 bits per heavy atom.